The Labute approximate surface area is 288 Å². The van der Waals surface area contributed by atoms with Crippen LogP contribution in [0.4, 0.5) is 11.5 Å². The zero-order valence-electron chi connectivity index (χ0n) is 25.0. The van der Waals surface area contributed by atoms with E-state index in [1.165, 1.54) is 12.1 Å². The number of aromatic nitrogens is 4. The summed E-state index contributed by atoms with van der Waals surface area (Å²) in [6.07, 6.45) is 0.280. The minimum atomic E-state index is -4.26. The smallest absolute Gasteiger partial charge is 0.415 e. The third-order valence-electron chi connectivity index (χ3n) is 7.36. The fourth-order valence-corrected chi connectivity index (χ4v) is 7.25. The number of nitrogens with one attached hydrogen (secondary N) is 1. The standard InChI is InChI=1S/C32H26BrN7O6S2/c33-22-11-13-23(14-12-22)35-27(41)20-47-32-36-28(21-7-3-1-4-8-21)26(19-34)29(37-32)39-17-15-24(16-18-39)45-30-31(40(42)46-38-30)48(43,44)25-9-5-2-6-10-25/h1-14,24H,15-18,20H2,(H,35,41). The molecule has 1 saturated heterocycles. The minimum Gasteiger partial charge on any atom is -0.451 e. The SMILES string of the molecule is N#Cc1c(-c2ccccc2)nc(SCC(=O)Nc2ccc(Br)cc2)nc1N1CCC(Oc2no[n+]([O-])c2S(=O)(=O)c2ccccc2)CC1. The van der Waals surface area contributed by atoms with Gasteiger partial charge < -0.3 is 20.2 Å². The van der Waals surface area contributed by atoms with Crippen LogP contribution in [-0.4, -0.2) is 54.4 Å². The van der Waals surface area contributed by atoms with Gasteiger partial charge >= 0.3 is 10.9 Å². The number of nitriles is 1. The largest absolute Gasteiger partial charge is 0.451 e. The van der Waals surface area contributed by atoms with E-state index in [0.717, 1.165) is 21.8 Å². The lowest BCUT2D eigenvalue weighted by Gasteiger charge is -2.32. The molecule has 1 aliphatic rings. The van der Waals surface area contributed by atoms with Crippen LogP contribution in [-0.2, 0) is 14.6 Å². The number of nitrogens with zero attached hydrogens (tertiary/aromatic N) is 6. The molecular weight excluding hydrogens is 722 g/mol. The molecule has 1 N–H and O–H groups in total. The number of hydrogen-bond acceptors (Lipinski definition) is 12. The normalized spacial score (nSPS) is 13.5. The van der Waals surface area contributed by atoms with E-state index in [1.54, 1.807) is 30.3 Å². The predicted molar refractivity (Wildman–Crippen MR) is 179 cm³/mol. The number of carbonyl (C=O) groups is 1. The lowest BCUT2D eigenvalue weighted by atomic mass is 10.0. The molecule has 16 heteroatoms. The number of sulfone groups is 1. The van der Waals surface area contributed by atoms with Gasteiger partial charge in [-0.25, -0.2) is 18.4 Å². The van der Waals surface area contributed by atoms with E-state index in [9.17, 15) is 23.7 Å². The van der Waals surface area contributed by atoms with E-state index in [1.807, 2.05) is 47.4 Å². The van der Waals surface area contributed by atoms with Gasteiger partial charge in [-0.1, -0.05) is 76.2 Å². The van der Waals surface area contributed by atoms with E-state index >= 15 is 0 Å². The second-order valence-corrected chi connectivity index (χ2v) is 14.3. The molecule has 1 aliphatic heterocycles. The van der Waals surface area contributed by atoms with Crippen molar-refractivity contribution in [2.24, 2.45) is 0 Å². The Bertz CT molecular complexity index is 2070. The van der Waals surface area contributed by atoms with Crippen molar-refractivity contribution in [1.29, 1.82) is 5.26 Å². The fourth-order valence-electron chi connectivity index (χ4n) is 5.06. The summed E-state index contributed by atoms with van der Waals surface area (Å²) in [6.45, 7) is 0.767. The average molecular weight is 749 g/mol. The quantitative estimate of drug-likeness (QED) is 0.115. The number of thioether (sulfide) groups is 1. The summed E-state index contributed by atoms with van der Waals surface area (Å²) in [6, 6.07) is 26.2. The van der Waals surface area contributed by atoms with E-state index in [2.05, 4.69) is 42.1 Å². The molecule has 6 rings (SSSR count). The van der Waals surface area contributed by atoms with Crippen LogP contribution in [0.25, 0.3) is 11.3 Å². The number of rotatable bonds is 10. The number of halogens is 1. The summed E-state index contributed by atoms with van der Waals surface area (Å²) in [5.74, 6) is -0.209. The van der Waals surface area contributed by atoms with E-state index in [0.29, 0.717) is 48.3 Å². The molecule has 244 valence electrons. The Balaban J connectivity index is 1.20. The summed E-state index contributed by atoms with van der Waals surface area (Å²) < 4.78 is 37.8. The molecule has 1 fully saturated rings. The van der Waals surface area contributed by atoms with Crippen molar-refractivity contribution in [2.45, 2.75) is 34.0 Å². The number of hydrogen-bond donors (Lipinski definition) is 1. The van der Waals surface area contributed by atoms with Crippen molar-refractivity contribution < 1.29 is 27.5 Å². The Morgan fingerprint density at radius 1 is 1.06 bits per heavy atom. The van der Waals surface area contributed by atoms with Crippen LogP contribution in [0.2, 0.25) is 0 Å². The Hall–Kier alpha value is -4.98. The van der Waals surface area contributed by atoms with Gasteiger partial charge in [0.25, 0.3) is 9.84 Å². The number of amides is 1. The van der Waals surface area contributed by atoms with Crippen molar-refractivity contribution in [3.8, 4) is 23.2 Å². The van der Waals surface area contributed by atoms with Crippen LogP contribution < -0.4 is 19.9 Å². The van der Waals surface area contributed by atoms with E-state index in [-0.39, 0.29) is 27.0 Å². The zero-order chi connectivity index (χ0) is 33.7. The summed E-state index contributed by atoms with van der Waals surface area (Å²) in [7, 11) is -4.26. The first-order valence-electron chi connectivity index (χ1n) is 14.6. The molecule has 48 heavy (non-hydrogen) atoms. The first kappa shape index (κ1) is 32.9. The van der Waals surface area contributed by atoms with Crippen molar-refractivity contribution in [2.75, 3.05) is 29.1 Å². The van der Waals surface area contributed by atoms with Crippen LogP contribution in [0, 0.1) is 16.5 Å². The Kier molecular flexibility index (Phi) is 9.90. The molecule has 13 nitrogen and oxygen atoms in total. The Morgan fingerprint density at radius 3 is 2.40 bits per heavy atom. The molecule has 2 aromatic heterocycles. The topological polar surface area (TPSA) is 178 Å². The maximum atomic E-state index is 13.2. The van der Waals surface area contributed by atoms with Gasteiger partial charge in [-0.15, -0.1) is 0 Å². The van der Waals surface area contributed by atoms with Gasteiger partial charge in [-0.05, 0) is 41.3 Å². The molecule has 3 aromatic carbocycles. The zero-order valence-corrected chi connectivity index (χ0v) is 28.2. The molecule has 3 heterocycles. The maximum absolute atomic E-state index is 13.2. The van der Waals surface area contributed by atoms with Crippen molar-refractivity contribution in [1.82, 2.24) is 15.1 Å². The highest BCUT2D eigenvalue weighted by Crippen LogP contribution is 2.33. The van der Waals surface area contributed by atoms with E-state index < -0.39 is 26.8 Å². The van der Waals surface area contributed by atoms with Crippen LogP contribution in [0.1, 0.15) is 18.4 Å². The molecule has 5 aromatic rings. The number of benzene rings is 3. The number of ether oxygens (including phenoxy) is 1. The van der Waals surface area contributed by atoms with Crippen molar-refractivity contribution in [3.05, 3.63) is 100 Å². The highest BCUT2D eigenvalue weighted by molar-refractivity contribution is 9.10. The maximum Gasteiger partial charge on any atom is 0.415 e. The van der Waals surface area contributed by atoms with Crippen molar-refractivity contribution >= 4 is 54.9 Å². The van der Waals surface area contributed by atoms with E-state index in [4.69, 9.17) is 9.72 Å². The Morgan fingerprint density at radius 2 is 1.73 bits per heavy atom. The molecule has 0 aliphatic carbocycles. The van der Waals surface area contributed by atoms with Crippen LogP contribution >= 0.6 is 27.7 Å². The first-order chi connectivity index (χ1) is 23.2. The second-order valence-electron chi connectivity index (χ2n) is 10.5. The van der Waals surface area contributed by atoms with Gasteiger partial charge in [0, 0.05) is 41.7 Å². The predicted octanol–water partition coefficient (Wildman–Crippen LogP) is 5.01. The summed E-state index contributed by atoms with van der Waals surface area (Å²) >= 11 is 4.53. The van der Waals surface area contributed by atoms with Gasteiger partial charge in [-0.3, -0.25) is 9.42 Å². The second kappa shape index (κ2) is 14.4. The third kappa shape index (κ3) is 7.28. The molecule has 1 amide bonds. The van der Waals surface area contributed by atoms with Crippen LogP contribution in [0.3, 0.4) is 0 Å². The monoisotopic (exact) mass is 747 g/mol. The fraction of sp³-hybridized carbons (Fsp3) is 0.188. The molecule has 0 spiro atoms. The minimum absolute atomic E-state index is 0.0389. The molecule has 0 unspecified atom stereocenters. The highest BCUT2D eigenvalue weighted by Gasteiger charge is 2.38. The molecule has 0 atom stereocenters. The van der Waals surface area contributed by atoms with Gasteiger partial charge in [0.05, 0.1) is 21.5 Å². The van der Waals surface area contributed by atoms with Gasteiger partial charge in [-0.2, -0.15) is 5.26 Å². The summed E-state index contributed by atoms with van der Waals surface area (Å²) in [4.78, 5) is 23.8. The summed E-state index contributed by atoms with van der Waals surface area (Å²) in [5.41, 5.74) is 2.10. The lowest BCUT2D eigenvalue weighted by molar-refractivity contribution is -0.832. The van der Waals surface area contributed by atoms with Crippen LogP contribution in [0.15, 0.2) is 109 Å². The molecule has 0 radical (unpaired) electrons. The summed E-state index contributed by atoms with van der Waals surface area (Å²) in [5, 5.41) is 28.6. The first-order valence-corrected chi connectivity index (χ1v) is 17.9. The average Bonchev–Trinajstić information content (AvgIpc) is 3.49. The van der Waals surface area contributed by atoms with Gasteiger partial charge in [0.2, 0.25) is 5.91 Å². The third-order valence-corrected chi connectivity index (χ3v) is 10.5. The highest BCUT2D eigenvalue weighted by atomic mass is 79.9. The van der Waals surface area contributed by atoms with Gasteiger partial charge in [0.1, 0.15) is 17.7 Å². The molecular formula is C32H26BrN7O6S2. The van der Waals surface area contributed by atoms with Gasteiger partial charge in [0.15, 0.2) is 11.0 Å². The number of piperidine rings is 1. The lowest BCUT2D eigenvalue weighted by Crippen LogP contribution is -2.39. The number of carbonyl (C=O) groups excluding carboxylic acids is 1. The van der Waals surface area contributed by atoms with Crippen molar-refractivity contribution in [3.63, 3.8) is 0 Å². The number of anilines is 2. The molecule has 0 saturated carbocycles. The van der Waals surface area contributed by atoms with Crippen LogP contribution in [0.5, 0.6) is 5.88 Å². The molecule has 0 bridgehead atoms.